The third-order valence-electron chi connectivity index (χ3n) is 3.02. The van der Waals surface area contributed by atoms with E-state index in [0.717, 1.165) is 10.7 Å². The highest BCUT2D eigenvalue weighted by atomic mass is 32.2. The molecule has 0 aliphatic rings. The van der Waals surface area contributed by atoms with E-state index in [1.165, 1.54) is 0 Å². The maximum Gasteiger partial charge on any atom is 0.178 e. The van der Waals surface area contributed by atoms with Crippen LogP contribution in [-0.4, -0.2) is 30.0 Å². The number of rotatable bonds is 6. The van der Waals surface area contributed by atoms with Crippen LogP contribution in [0.3, 0.4) is 0 Å². The number of hydrogen-bond donors (Lipinski definition) is 0. The molecule has 1 heterocycles. The minimum Gasteiger partial charge on any atom is -0.326 e. The summed E-state index contributed by atoms with van der Waals surface area (Å²) in [6, 6.07) is 7.06. The Morgan fingerprint density at radius 1 is 1.35 bits per heavy atom. The average Bonchev–Trinajstić information content (AvgIpc) is 2.86. The first-order chi connectivity index (χ1) is 9.53. The molecule has 0 aliphatic heterocycles. The van der Waals surface area contributed by atoms with Gasteiger partial charge in [0, 0.05) is 18.9 Å². The molecule has 108 valence electrons. The standard InChI is InChI=1S/C14H18N2O2S2/c1-12-5-3-6-13(11-12)20(17,18)10-4-8-16-9-7-15-14(16)19-2/h3,5-7,9,11H,4,8,10H2,1-2H3. The molecule has 4 nitrogen and oxygen atoms in total. The van der Waals surface area contributed by atoms with Crippen LogP contribution in [0.4, 0.5) is 0 Å². The molecule has 0 spiro atoms. The molecular formula is C14H18N2O2S2. The number of nitrogens with zero attached hydrogens (tertiary/aromatic N) is 2. The van der Waals surface area contributed by atoms with Crippen molar-refractivity contribution in [1.82, 2.24) is 9.55 Å². The van der Waals surface area contributed by atoms with Crippen molar-refractivity contribution >= 4 is 21.6 Å². The SMILES string of the molecule is CSc1nccn1CCCS(=O)(=O)c1cccc(C)c1. The normalized spacial score (nSPS) is 11.7. The van der Waals surface area contributed by atoms with Gasteiger partial charge in [-0.15, -0.1) is 0 Å². The van der Waals surface area contributed by atoms with Crippen LogP contribution in [0.2, 0.25) is 0 Å². The molecule has 2 aromatic rings. The van der Waals surface area contributed by atoms with Gasteiger partial charge in [-0.25, -0.2) is 13.4 Å². The summed E-state index contributed by atoms with van der Waals surface area (Å²) in [7, 11) is -3.20. The van der Waals surface area contributed by atoms with E-state index in [4.69, 9.17) is 0 Å². The first kappa shape index (κ1) is 15.1. The summed E-state index contributed by atoms with van der Waals surface area (Å²) in [6.45, 7) is 2.57. The van der Waals surface area contributed by atoms with Gasteiger partial charge in [-0.05, 0) is 37.3 Å². The van der Waals surface area contributed by atoms with Gasteiger partial charge in [-0.2, -0.15) is 0 Å². The summed E-state index contributed by atoms with van der Waals surface area (Å²) < 4.78 is 26.5. The van der Waals surface area contributed by atoms with Gasteiger partial charge in [0.05, 0.1) is 10.6 Å². The zero-order chi connectivity index (χ0) is 14.6. The molecule has 0 saturated carbocycles. The molecule has 0 aliphatic carbocycles. The lowest BCUT2D eigenvalue weighted by molar-refractivity contribution is 0.578. The zero-order valence-corrected chi connectivity index (χ0v) is 13.2. The van der Waals surface area contributed by atoms with E-state index in [1.807, 2.05) is 30.0 Å². The van der Waals surface area contributed by atoms with E-state index < -0.39 is 9.84 Å². The number of imidazole rings is 1. The summed E-state index contributed by atoms with van der Waals surface area (Å²) in [5.41, 5.74) is 0.963. The quantitative estimate of drug-likeness (QED) is 0.770. The van der Waals surface area contributed by atoms with Crippen molar-refractivity contribution in [3.8, 4) is 0 Å². The third-order valence-corrected chi connectivity index (χ3v) is 5.52. The van der Waals surface area contributed by atoms with Gasteiger partial charge in [0.1, 0.15) is 0 Å². The Morgan fingerprint density at radius 2 is 2.15 bits per heavy atom. The molecule has 0 saturated heterocycles. The first-order valence-corrected chi connectivity index (χ1v) is 9.25. The second-order valence-electron chi connectivity index (χ2n) is 4.60. The molecular weight excluding hydrogens is 292 g/mol. The van der Waals surface area contributed by atoms with E-state index in [0.29, 0.717) is 17.9 Å². The highest BCUT2D eigenvalue weighted by Crippen LogP contribution is 2.16. The average molecular weight is 310 g/mol. The Kier molecular flexibility index (Phi) is 4.88. The molecule has 0 fully saturated rings. The summed E-state index contributed by atoms with van der Waals surface area (Å²) >= 11 is 1.56. The molecule has 2 rings (SSSR count). The lowest BCUT2D eigenvalue weighted by atomic mass is 10.2. The van der Waals surface area contributed by atoms with E-state index >= 15 is 0 Å². The Morgan fingerprint density at radius 3 is 2.85 bits per heavy atom. The van der Waals surface area contributed by atoms with Crippen molar-refractivity contribution in [3.63, 3.8) is 0 Å². The topological polar surface area (TPSA) is 52.0 Å². The van der Waals surface area contributed by atoms with Crippen LogP contribution in [0.25, 0.3) is 0 Å². The Labute approximate surface area is 124 Å². The Balaban J connectivity index is 2.00. The fourth-order valence-corrected chi connectivity index (χ4v) is 3.96. The van der Waals surface area contributed by atoms with Crippen LogP contribution in [0, 0.1) is 6.92 Å². The Hall–Kier alpha value is -1.27. The molecule has 0 N–H and O–H groups in total. The van der Waals surface area contributed by atoms with Crippen molar-refractivity contribution in [3.05, 3.63) is 42.2 Å². The predicted molar refractivity (Wildman–Crippen MR) is 81.9 cm³/mol. The highest BCUT2D eigenvalue weighted by Gasteiger charge is 2.14. The number of benzene rings is 1. The molecule has 20 heavy (non-hydrogen) atoms. The van der Waals surface area contributed by atoms with Crippen LogP contribution in [0.5, 0.6) is 0 Å². The molecule has 1 aromatic heterocycles. The zero-order valence-electron chi connectivity index (χ0n) is 11.6. The monoisotopic (exact) mass is 310 g/mol. The lowest BCUT2D eigenvalue weighted by Crippen LogP contribution is -2.10. The number of aromatic nitrogens is 2. The second kappa shape index (κ2) is 6.45. The fourth-order valence-electron chi connectivity index (χ4n) is 2.01. The van der Waals surface area contributed by atoms with Crippen molar-refractivity contribution < 1.29 is 8.42 Å². The molecule has 0 unspecified atom stereocenters. The first-order valence-electron chi connectivity index (χ1n) is 6.37. The largest absolute Gasteiger partial charge is 0.326 e. The van der Waals surface area contributed by atoms with E-state index in [-0.39, 0.29) is 5.75 Å². The molecule has 0 atom stereocenters. The predicted octanol–water partition coefficient (Wildman–Crippen LogP) is 2.78. The maximum atomic E-state index is 12.2. The number of sulfone groups is 1. The van der Waals surface area contributed by atoms with Crippen LogP contribution in [-0.2, 0) is 16.4 Å². The van der Waals surface area contributed by atoms with Gasteiger partial charge in [0.15, 0.2) is 15.0 Å². The second-order valence-corrected chi connectivity index (χ2v) is 7.48. The number of thioether (sulfide) groups is 1. The van der Waals surface area contributed by atoms with Crippen molar-refractivity contribution in [1.29, 1.82) is 0 Å². The minimum absolute atomic E-state index is 0.155. The molecule has 0 bridgehead atoms. The van der Waals surface area contributed by atoms with Gasteiger partial charge in [0.25, 0.3) is 0 Å². The van der Waals surface area contributed by atoms with E-state index in [1.54, 1.807) is 36.2 Å². The van der Waals surface area contributed by atoms with Gasteiger partial charge < -0.3 is 4.57 Å². The van der Waals surface area contributed by atoms with Crippen LogP contribution < -0.4 is 0 Å². The van der Waals surface area contributed by atoms with E-state index in [2.05, 4.69) is 4.98 Å². The highest BCUT2D eigenvalue weighted by molar-refractivity contribution is 7.98. The van der Waals surface area contributed by atoms with Crippen LogP contribution in [0.1, 0.15) is 12.0 Å². The summed E-state index contributed by atoms with van der Waals surface area (Å²) in [5.74, 6) is 0.155. The van der Waals surface area contributed by atoms with Gasteiger partial charge in [0.2, 0.25) is 0 Å². The maximum absolute atomic E-state index is 12.2. The summed E-state index contributed by atoms with van der Waals surface area (Å²) in [6.07, 6.45) is 6.16. The molecule has 6 heteroatoms. The van der Waals surface area contributed by atoms with Crippen molar-refractivity contribution in [2.45, 2.75) is 29.9 Å². The molecule has 1 aromatic carbocycles. The Bertz CT molecular complexity index is 678. The summed E-state index contributed by atoms with van der Waals surface area (Å²) in [4.78, 5) is 4.61. The van der Waals surface area contributed by atoms with Crippen LogP contribution in [0.15, 0.2) is 46.7 Å². The van der Waals surface area contributed by atoms with Gasteiger partial charge in [-0.1, -0.05) is 23.9 Å². The summed E-state index contributed by atoms with van der Waals surface area (Å²) in [5, 5.41) is 0.915. The molecule has 0 amide bonds. The van der Waals surface area contributed by atoms with Crippen LogP contribution >= 0.6 is 11.8 Å². The number of hydrogen-bond acceptors (Lipinski definition) is 4. The smallest absolute Gasteiger partial charge is 0.178 e. The van der Waals surface area contributed by atoms with Crippen molar-refractivity contribution in [2.24, 2.45) is 0 Å². The van der Waals surface area contributed by atoms with E-state index in [9.17, 15) is 8.42 Å². The minimum atomic E-state index is -3.20. The molecule has 0 radical (unpaired) electrons. The van der Waals surface area contributed by atoms with Gasteiger partial charge >= 0.3 is 0 Å². The van der Waals surface area contributed by atoms with Crippen molar-refractivity contribution in [2.75, 3.05) is 12.0 Å². The number of aryl methyl sites for hydroxylation is 2. The van der Waals surface area contributed by atoms with Gasteiger partial charge in [-0.3, -0.25) is 0 Å². The third kappa shape index (κ3) is 3.64. The fraction of sp³-hybridized carbons (Fsp3) is 0.357. The lowest BCUT2D eigenvalue weighted by Gasteiger charge is -2.07.